The minimum Gasteiger partial charge on any atom is -0.479 e. The Bertz CT molecular complexity index is 1070. The van der Waals surface area contributed by atoms with E-state index < -0.39 is 22.6 Å². The first-order valence-corrected chi connectivity index (χ1v) is 11.0. The largest absolute Gasteiger partial charge is 0.479 e. The lowest BCUT2D eigenvalue weighted by molar-refractivity contribution is -0.139. The fourth-order valence-corrected chi connectivity index (χ4v) is 4.13. The molecule has 0 spiro atoms. The molecule has 30 heavy (non-hydrogen) atoms. The number of hydrogen-bond donors (Lipinski definition) is 2. The van der Waals surface area contributed by atoms with Gasteiger partial charge in [-0.3, -0.25) is 4.79 Å². The fraction of sp³-hybridized carbons (Fsp3) is 0.400. The van der Waals surface area contributed by atoms with Crippen LogP contribution in [0.5, 0.6) is 5.75 Å². The van der Waals surface area contributed by atoms with Crippen molar-refractivity contribution in [1.82, 2.24) is 9.62 Å². The summed E-state index contributed by atoms with van der Waals surface area (Å²) in [4.78, 5) is 24.8. The van der Waals surface area contributed by atoms with Gasteiger partial charge in [-0.2, -0.15) is 0 Å². The van der Waals surface area contributed by atoms with E-state index in [0.29, 0.717) is 18.7 Å². The van der Waals surface area contributed by atoms with Crippen molar-refractivity contribution in [3.63, 3.8) is 0 Å². The van der Waals surface area contributed by atoms with Crippen molar-refractivity contribution in [1.29, 1.82) is 0 Å². The maximum absolute atomic E-state index is 12.6. The van der Waals surface area contributed by atoms with Crippen LogP contribution in [0, 0.1) is 0 Å². The van der Waals surface area contributed by atoms with E-state index in [1.54, 1.807) is 18.7 Å². The molecule has 2 aromatic rings. The molecule has 0 fully saturated rings. The molecule has 0 aliphatic carbocycles. The average Bonchev–Trinajstić information content (AvgIpc) is 3.12. The van der Waals surface area contributed by atoms with Crippen LogP contribution < -0.4 is 9.46 Å². The standard InChI is InChI=1S/C20H26N2O7S/c1-5-21-30(26,27)17-9-8-15(28-12-19(24)25)20-14(17)11-16(29-20)13(4)10-18(23)22(6-2)7-3/h8-11,21H,5-7,12H2,1-4H3,(H,24,25)/b13-10-. The summed E-state index contributed by atoms with van der Waals surface area (Å²) in [5.41, 5.74) is 0.590. The highest BCUT2D eigenvalue weighted by Gasteiger charge is 2.23. The number of carboxylic acids is 1. The lowest BCUT2D eigenvalue weighted by Gasteiger charge is -2.16. The first-order valence-electron chi connectivity index (χ1n) is 9.52. The second-order valence-electron chi connectivity index (χ2n) is 6.44. The molecule has 1 amide bonds. The number of nitrogens with zero attached hydrogens (tertiary/aromatic N) is 1. The third kappa shape index (κ3) is 5.19. The van der Waals surface area contributed by atoms with E-state index in [4.69, 9.17) is 14.3 Å². The number of furan rings is 1. The van der Waals surface area contributed by atoms with Crippen molar-refractivity contribution in [2.24, 2.45) is 0 Å². The van der Waals surface area contributed by atoms with Gasteiger partial charge in [-0.1, -0.05) is 6.92 Å². The number of aliphatic carboxylic acids is 1. The van der Waals surface area contributed by atoms with Crippen molar-refractivity contribution < 1.29 is 32.3 Å². The number of fused-ring (bicyclic) bond motifs is 1. The molecule has 1 aromatic carbocycles. The number of carbonyl (C=O) groups is 2. The number of allylic oxidation sites excluding steroid dienone is 1. The molecule has 2 rings (SSSR count). The molecule has 0 radical (unpaired) electrons. The number of likely N-dealkylation sites (N-methyl/N-ethyl adjacent to an activating group) is 1. The van der Waals surface area contributed by atoms with Crippen LogP contribution in [0.25, 0.3) is 16.5 Å². The zero-order chi connectivity index (χ0) is 22.5. The van der Waals surface area contributed by atoms with Crippen LogP contribution in [0.4, 0.5) is 0 Å². The Morgan fingerprint density at radius 1 is 1.23 bits per heavy atom. The average molecular weight is 439 g/mol. The predicted molar refractivity (Wildman–Crippen MR) is 112 cm³/mol. The number of hydrogen-bond acceptors (Lipinski definition) is 6. The van der Waals surface area contributed by atoms with Crippen LogP contribution >= 0.6 is 0 Å². The zero-order valence-corrected chi connectivity index (χ0v) is 18.2. The van der Waals surface area contributed by atoms with Crippen molar-refractivity contribution in [2.75, 3.05) is 26.2 Å². The number of carboxylic acid groups (broad SMARTS) is 1. The van der Waals surface area contributed by atoms with Gasteiger partial charge in [0.1, 0.15) is 5.76 Å². The molecular weight excluding hydrogens is 412 g/mol. The smallest absolute Gasteiger partial charge is 0.341 e. The number of rotatable bonds is 10. The molecule has 9 nitrogen and oxygen atoms in total. The van der Waals surface area contributed by atoms with Gasteiger partial charge < -0.3 is 19.2 Å². The highest BCUT2D eigenvalue weighted by atomic mass is 32.2. The Morgan fingerprint density at radius 2 is 1.90 bits per heavy atom. The normalized spacial score (nSPS) is 12.2. The topological polar surface area (TPSA) is 126 Å². The number of nitrogens with one attached hydrogen (secondary N) is 1. The van der Waals surface area contributed by atoms with Gasteiger partial charge in [0.2, 0.25) is 15.9 Å². The summed E-state index contributed by atoms with van der Waals surface area (Å²) in [6.45, 7) is 7.77. The van der Waals surface area contributed by atoms with Crippen molar-refractivity contribution >= 4 is 38.4 Å². The Morgan fingerprint density at radius 3 is 2.47 bits per heavy atom. The number of sulfonamides is 1. The quantitative estimate of drug-likeness (QED) is 0.546. The van der Waals surface area contributed by atoms with Crippen LogP contribution in [-0.2, 0) is 19.6 Å². The maximum Gasteiger partial charge on any atom is 0.341 e. The third-order valence-corrected chi connectivity index (χ3v) is 5.99. The summed E-state index contributed by atoms with van der Waals surface area (Å²) in [7, 11) is -3.82. The molecule has 2 N–H and O–H groups in total. The van der Waals surface area contributed by atoms with E-state index in [1.165, 1.54) is 24.3 Å². The van der Waals surface area contributed by atoms with Crippen LogP contribution in [0.2, 0.25) is 0 Å². The summed E-state index contributed by atoms with van der Waals surface area (Å²) in [5.74, 6) is -0.997. The number of carbonyl (C=O) groups excluding carboxylic acids is 1. The van der Waals surface area contributed by atoms with Gasteiger partial charge in [0.25, 0.3) is 0 Å². The van der Waals surface area contributed by atoms with Crippen molar-refractivity contribution in [2.45, 2.75) is 32.6 Å². The van der Waals surface area contributed by atoms with Crippen LogP contribution in [0.3, 0.4) is 0 Å². The van der Waals surface area contributed by atoms with Gasteiger partial charge in [-0.05, 0) is 44.5 Å². The minimum absolute atomic E-state index is 0.0279. The number of amides is 1. The Labute approximate surface area is 175 Å². The highest BCUT2D eigenvalue weighted by molar-refractivity contribution is 7.89. The van der Waals surface area contributed by atoms with E-state index in [0.717, 1.165) is 0 Å². The lowest BCUT2D eigenvalue weighted by Crippen LogP contribution is -2.28. The first kappa shape index (κ1) is 23.4. The van der Waals surface area contributed by atoms with Gasteiger partial charge in [0, 0.05) is 31.1 Å². The Balaban J connectivity index is 2.61. The van der Waals surface area contributed by atoms with Crippen LogP contribution in [0.15, 0.2) is 33.6 Å². The van der Waals surface area contributed by atoms with E-state index in [-0.39, 0.29) is 39.8 Å². The molecule has 0 aliphatic rings. The van der Waals surface area contributed by atoms with Crippen LogP contribution in [0.1, 0.15) is 33.5 Å². The molecule has 0 saturated heterocycles. The van der Waals surface area contributed by atoms with Gasteiger partial charge >= 0.3 is 5.97 Å². The van der Waals surface area contributed by atoms with E-state index >= 15 is 0 Å². The Kier molecular flexibility index (Phi) is 7.63. The minimum atomic E-state index is -3.82. The molecule has 10 heteroatoms. The van der Waals surface area contributed by atoms with Gasteiger partial charge in [0.15, 0.2) is 17.9 Å². The molecule has 1 aromatic heterocycles. The predicted octanol–water partition coefficient (Wildman–Crippen LogP) is 2.47. The molecular formula is C20H26N2O7S. The lowest BCUT2D eigenvalue weighted by atomic mass is 10.2. The summed E-state index contributed by atoms with van der Waals surface area (Å²) in [6, 6.07) is 4.19. The van der Waals surface area contributed by atoms with Gasteiger partial charge in [-0.25, -0.2) is 17.9 Å². The molecule has 0 aliphatic heterocycles. The SMILES string of the molecule is CCNS(=O)(=O)c1ccc(OCC(=O)O)c2oc(/C(C)=C\C(=O)N(CC)CC)cc12. The zero-order valence-electron chi connectivity index (χ0n) is 17.4. The second-order valence-corrected chi connectivity index (χ2v) is 8.17. The second kappa shape index (κ2) is 9.77. The highest BCUT2D eigenvalue weighted by Crippen LogP contribution is 2.36. The van der Waals surface area contributed by atoms with Crippen molar-refractivity contribution in [3.8, 4) is 5.75 Å². The molecule has 1 heterocycles. The Hall–Kier alpha value is -2.85. The summed E-state index contributed by atoms with van der Waals surface area (Å²) >= 11 is 0. The number of ether oxygens (including phenoxy) is 1. The summed E-state index contributed by atoms with van der Waals surface area (Å²) < 4.78 is 38.6. The summed E-state index contributed by atoms with van der Waals surface area (Å²) in [5, 5.41) is 9.11. The summed E-state index contributed by atoms with van der Waals surface area (Å²) in [6.07, 6.45) is 1.42. The third-order valence-electron chi connectivity index (χ3n) is 4.39. The van der Waals surface area contributed by atoms with E-state index in [9.17, 15) is 18.0 Å². The van der Waals surface area contributed by atoms with Gasteiger partial charge in [-0.15, -0.1) is 0 Å². The first-order chi connectivity index (χ1) is 14.1. The molecule has 0 bridgehead atoms. The van der Waals surface area contributed by atoms with Crippen molar-refractivity contribution in [3.05, 3.63) is 30.0 Å². The van der Waals surface area contributed by atoms with E-state index in [1.807, 2.05) is 13.8 Å². The molecule has 0 unspecified atom stereocenters. The molecule has 0 saturated carbocycles. The van der Waals surface area contributed by atoms with Crippen LogP contribution in [-0.4, -0.2) is 56.5 Å². The number of benzene rings is 1. The van der Waals surface area contributed by atoms with E-state index in [2.05, 4.69) is 4.72 Å². The monoisotopic (exact) mass is 438 g/mol. The maximum atomic E-state index is 12.6. The fourth-order valence-electron chi connectivity index (χ4n) is 2.91. The molecule has 0 atom stereocenters. The molecule has 164 valence electrons. The van der Waals surface area contributed by atoms with Gasteiger partial charge in [0.05, 0.1) is 4.90 Å².